The molecule has 5 heteroatoms. The van der Waals surface area contributed by atoms with Gasteiger partial charge in [-0.2, -0.15) is 0 Å². The third-order valence-corrected chi connectivity index (χ3v) is 1.75. The minimum Gasteiger partial charge on any atom is -0.499 e. The van der Waals surface area contributed by atoms with Crippen LogP contribution in [0.2, 0.25) is 0 Å². The monoisotopic (exact) mass is 205 g/mol. The summed E-state index contributed by atoms with van der Waals surface area (Å²) in [6.45, 7) is 4.00. The lowest BCUT2D eigenvalue weighted by Gasteiger charge is -2.06. The summed E-state index contributed by atoms with van der Waals surface area (Å²) in [6, 6.07) is 0. The molecule has 0 amide bonds. The number of hydrogen-bond donors (Lipinski definition) is 3. The van der Waals surface area contributed by atoms with Crippen LogP contribution in [0.4, 0.5) is 0 Å². The first-order chi connectivity index (χ1) is 6.13. The second kappa shape index (κ2) is 11.9. The normalized spacial score (nSPS) is 11.1. The first-order valence-corrected chi connectivity index (χ1v) is 5.50. The molecule has 0 rings (SSSR count). The molecule has 0 fully saturated rings. The maximum absolute atomic E-state index is 10.4. The molecule has 1 atom stereocenters. The van der Waals surface area contributed by atoms with E-state index < -0.39 is 21.9 Å². The molecule has 0 aromatic carbocycles. The predicted molar refractivity (Wildman–Crippen MR) is 51.1 cm³/mol. The van der Waals surface area contributed by atoms with Gasteiger partial charge in [0, 0.05) is 0 Å². The van der Waals surface area contributed by atoms with Gasteiger partial charge in [0.2, 0.25) is 0 Å². The number of rotatable bonds is 5. The number of aliphatic carboxylic acids is 1. The Morgan fingerprint density at radius 1 is 1.38 bits per heavy atom. The minimum absolute atomic E-state index is 0.111. The van der Waals surface area contributed by atoms with Crippen LogP contribution in [0.25, 0.3) is 0 Å². The highest BCUT2D eigenvalue weighted by Gasteiger charge is 2.12. The topological polar surface area (TPSA) is 77.8 Å². The van der Waals surface area contributed by atoms with Crippen molar-refractivity contribution < 1.29 is 18.2 Å². The van der Waals surface area contributed by atoms with Crippen LogP contribution in [0.5, 0.6) is 0 Å². The lowest BCUT2D eigenvalue weighted by Crippen LogP contribution is -2.11. The van der Waals surface area contributed by atoms with Crippen molar-refractivity contribution in [3.63, 3.8) is 0 Å². The van der Waals surface area contributed by atoms with Gasteiger partial charge in [-0.15, -0.1) is 0 Å². The highest BCUT2D eigenvalue weighted by atomic mass is 27.2. The molecule has 3 N–H and O–H groups in total. The summed E-state index contributed by atoms with van der Waals surface area (Å²) in [7, 11) is 0. The summed E-state index contributed by atoms with van der Waals surface area (Å²) in [5.41, 5.74) is 0. The number of carboxylic acid groups (broad SMARTS) is 1. The van der Waals surface area contributed by atoms with E-state index in [1.165, 1.54) is 0 Å². The first-order valence-electron chi connectivity index (χ1n) is 4.46. The SMILES string of the molecule is CCCCC(CC)C(=O)O.[OH][Al][OH]. The molecular formula is C8H18AlO4. The number of unbranched alkanes of at least 4 members (excludes halogenated alkanes) is 1. The summed E-state index contributed by atoms with van der Waals surface area (Å²) >= 11 is -1.25. The van der Waals surface area contributed by atoms with Crippen molar-refractivity contribution in [1.82, 2.24) is 0 Å². The van der Waals surface area contributed by atoms with Crippen LogP contribution in [0.3, 0.4) is 0 Å². The van der Waals surface area contributed by atoms with Crippen molar-refractivity contribution in [3.8, 4) is 0 Å². The van der Waals surface area contributed by atoms with Gasteiger partial charge in [0.1, 0.15) is 0 Å². The molecule has 0 aliphatic heterocycles. The molecule has 0 bridgehead atoms. The van der Waals surface area contributed by atoms with Gasteiger partial charge in [-0.25, -0.2) is 0 Å². The molecule has 4 nitrogen and oxygen atoms in total. The number of carboxylic acids is 1. The van der Waals surface area contributed by atoms with E-state index >= 15 is 0 Å². The fraction of sp³-hybridized carbons (Fsp3) is 0.875. The lowest BCUT2D eigenvalue weighted by molar-refractivity contribution is -0.142. The number of hydrogen-bond acceptors (Lipinski definition) is 3. The maximum Gasteiger partial charge on any atom is 0.662 e. The van der Waals surface area contributed by atoms with E-state index in [1.54, 1.807) is 0 Å². The fourth-order valence-electron chi connectivity index (χ4n) is 0.953. The van der Waals surface area contributed by atoms with Crippen molar-refractivity contribution in [2.45, 2.75) is 39.5 Å². The van der Waals surface area contributed by atoms with Crippen molar-refractivity contribution in [3.05, 3.63) is 0 Å². The van der Waals surface area contributed by atoms with Gasteiger partial charge in [-0.3, -0.25) is 4.79 Å². The molecule has 0 aromatic rings. The molecule has 0 aliphatic carbocycles. The number of carbonyl (C=O) groups is 1. The van der Waals surface area contributed by atoms with Gasteiger partial charge in [-0.05, 0) is 12.8 Å². The maximum atomic E-state index is 10.4. The Morgan fingerprint density at radius 3 is 2.08 bits per heavy atom. The fourth-order valence-corrected chi connectivity index (χ4v) is 0.953. The molecule has 0 heterocycles. The van der Waals surface area contributed by atoms with E-state index in [1.807, 2.05) is 6.92 Å². The molecule has 77 valence electrons. The van der Waals surface area contributed by atoms with E-state index in [-0.39, 0.29) is 5.92 Å². The zero-order valence-electron chi connectivity index (χ0n) is 8.23. The Kier molecular flexibility index (Phi) is 14.1. The van der Waals surface area contributed by atoms with Crippen LogP contribution in [0.1, 0.15) is 39.5 Å². The van der Waals surface area contributed by atoms with Gasteiger partial charge in [0.05, 0.1) is 5.92 Å². The van der Waals surface area contributed by atoms with Gasteiger partial charge in [0.15, 0.2) is 0 Å². The van der Waals surface area contributed by atoms with Gasteiger partial charge >= 0.3 is 21.9 Å². The van der Waals surface area contributed by atoms with E-state index in [0.29, 0.717) is 0 Å². The summed E-state index contributed by atoms with van der Waals surface area (Å²) < 4.78 is 14.4. The van der Waals surface area contributed by atoms with Gasteiger partial charge < -0.3 is 13.4 Å². The molecule has 0 aliphatic rings. The average molecular weight is 205 g/mol. The Labute approximate surface area is 86.0 Å². The summed E-state index contributed by atoms with van der Waals surface area (Å²) in [5.74, 6) is -0.754. The average Bonchev–Trinajstić information content (AvgIpc) is 2.06. The summed E-state index contributed by atoms with van der Waals surface area (Å²) in [4.78, 5) is 10.4. The smallest absolute Gasteiger partial charge is 0.499 e. The molecule has 0 aromatic heterocycles. The molecular weight excluding hydrogens is 187 g/mol. The van der Waals surface area contributed by atoms with Crippen molar-refractivity contribution in [2.75, 3.05) is 0 Å². The van der Waals surface area contributed by atoms with Crippen molar-refractivity contribution >= 4 is 21.9 Å². The second-order valence-electron chi connectivity index (χ2n) is 2.70. The van der Waals surface area contributed by atoms with Crippen LogP contribution in [0, 0.1) is 5.92 Å². The molecule has 0 spiro atoms. The van der Waals surface area contributed by atoms with Gasteiger partial charge in [-0.1, -0.05) is 26.7 Å². The van der Waals surface area contributed by atoms with Crippen molar-refractivity contribution in [1.29, 1.82) is 0 Å². The van der Waals surface area contributed by atoms with Gasteiger partial charge in [0.25, 0.3) is 0 Å². The minimum atomic E-state index is -1.25. The van der Waals surface area contributed by atoms with E-state index in [4.69, 9.17) is 13.4 Å². The van der Waals surface area contributed by atoms with E-state index in [2.05, 4.69) is 6.92 Å². The standard InChI is InChI=1S/C8H16O2.Al.2H2O/c1-3-5-6-7(4-2)8(9)10;;;/h7H,3-6H2,1-2H3,(H,9,10);;2*1H2/q;+2;;/p-2. The van der Waals surface area contributed by atoms with Crippen LogP contribution >= 0.6 is 0 Å². The summed E-state index contributed by atoms with van der Waals surface area (Å²) in [5, 5.41) is 8.60. The second-order valence-corrected chi connectivity index (χ2v) is 2.93. The van der Waals surface area contributed by atoms with Crippen LogP contribution < -0.4 is 0 Å². The Morgan fingerprint density at radius 2 is 1.85 bits per heavy atom. The Bertz CT molecular complexity index is 119. The highest BCUT2D eigenvalue weighted by molar-refractivity contribution is 6.13. The Hall–Kier alpha value is -0.0775. The molecule has 13 heavy (non-hydrogen) atoms. The van der Waals surface area contributed by atoms with Crippen LogP contribution in [-0.4, -0.2) is 35.3 Å². The van der Waals surface area contributed by atoms with Crippen molar-refractivity contribution in [2.24, 2.45) is 5.92 Å². The van der Waals surface area contributed by atoms with E-state index in [9.17, 15) is 4.79 Å². The molecule has 1 radical (unpaired) electrons. The predicted octanol–water partition coefficient (Wildman–Crippen LogP) is 0.793. The summed E-state index contributed by atoms with van der Waals surface area (Å²) in [6.07, 6.45) is 3.71. The lowest BCUT2D eigenvalue weighted by atomic mass is 10.00. The third-order valence-electron chi connectivity index (χ3n) is 1.75. The quantitative estimate of drug-likeness (QED) is 0.580. The zero-order valence-corrected chi connectivity index (χ0v) is 9.39. The largest absolute Gasteiger partial charge is 0.662 e. The zero-order chi connectivity index (χ0) is 10.7. The Balaban J connectivity index is 0. The van der Waals surface area contributed by atoms with Crippen LogP contribution in [0.15, 0.2) is 0 Å². The molecule has 1 unspecified atom stereocenters. The third kappa shape index (κ3) is 11.9. The van der Waals surface area contributed by atoms with E-state index in [0.717, 1.165) is 25.7 Å². The van der Waals surface area contributed by atoms with Crippen LogP contribution in [-0.2, 0) is 4.79 Å². The highest BCUT2D eigenvalue weighted by Crippen LogP contribution is 2.11. The molecule has 0 saturated carbocycles. The first kappa shape index (κ1) is 15.4. The molecule has 0 saturated heterocycles.